The van der Waals surface area contributed by atoms with Crippen LogP contribution in [0.5, 0.6) is 0 Å². The number of nitrogens with zero attached hydrogens (tertiary/aromatic N) is 4. The molecule has 0 aromatic heterocycles. The van der Waals surface area contributed by atoms with Crippen LogP contribution in [0.15, 0.2) is 5.11 Å². The monoisotopic (exact) mass is 294 g/mol. The third-order valence-corrected chi connectivity index (χ3v) is 4.38. The summed E-state index contributed by atoms with van der Waals surface area (Å²) < 4.78 is 5.78. The fraction of sp³-hybridized carbons (Fsp3) is 0.933. The summed E-state index contributed by atoms with van der Waals surface area (Å²) in [7, 11) is 0. The van der Waals surface area contributed by atoms with Gasteiger partial charge in [-0.05, 0) is 42.0 Å². The molecular formula is C15H26N4O2. The first-order chi connectivity index (χ1) is 9.67. The Morgan fingerprint density at radius 1 is 1.43 bits per heavy atom. The van der Waals surface area contributed by atoms with E-state index in [0.29, 0.717) is 19.6 Å². The van der Waals surface area contributed by atoms with Crippen molar-refractivity contribution in [3.05, 3.63) is 10.4 Å². The van der Waals surface area contributed by atoms with E-state index in [0.717, 1.165) is 25.7 Å². The fourth-order valence-corrected chi connectivity index (χ4v) is 3.74. The number of carbonyl (C=O) groups excluding carboxylic acids is 1. The topological polar surface area (TPSA) is 78.3 Å². The molecule has 2 rings (SSSR count). The number of hydrogen-bond acceptors (Lipinski definition) is 3. The van der Waals surface area contributed by atoms with Gasteiger partial charge in [0.05, 0.1) is 6.54 Å². The van der Waals surface area contributed by atoms with Crippen LogP contribution in [0.1, 0.15) is 53.4 Å². The van der Waals surface area contributed by atoms with E-state index in [1.807, 2.05) is 4.90 Å². The van der Waals surface area contributed by atoms with Crippen molar-refractivity contribution >= 4 is 6.09 Å². The number of carbonyl (C=O) groups is 1. The summed E-state index contributed by atoms with van der Waals surface area (Å²) in [5, 5.41) is 3.75. The van der Waals surface area contributed by atoms with Crippen molar-refractivity contribution in [3.8, 4) is 0 Å². The van der Waals surface area contributed by atoms with Crippen LogP contribution in [0.2, 0.25) is 0 Å². The Bertz CT molecular complexity index is 467. The highest BCUT2D eigenvalue weighted by Crippen LogP contribution is 2.46. The normalized spacial score (nSPS) is 33.0. The molecule has 1 saturated heterocycles. The summed E-state index contributed by atoms with van der Waals surface area (Å²) in [6.45, 7) is 10.3. The first-order valence-electron chi connectivity index (χ1n) is 7.66. The molecule has 118 valence electrons. The van der Waals surface area contributed by atoms with E-state index in [1.165, 1.54) is 0 Å². The lowest BCUT2D eigenvalue weighted by Crippen LogP contribution is -2.45. The van der Waals surface area contributed by atoms with Gasteiger partial charge in [-0.25, -0.2) is 4.79 Å². The van der Waals surface area contributed by atoms with Crippen molar-refractivity contribution < 1.29 is 9.53 Å². The summed E-state index contributed by atoms with van der Waals surface area (Å²) in [4.78, 5) is 16.9. The average Bonchev–Trinajstić information content (AvgIpc) is 2.60. The molecule has 0 aromatic carbocycles. The summed E-state index contributed by atoms with van der Waals surface area (Å²) in [5.41, 5.74) is 8.15. The molecule has 1 saturated carbocycles. The average molecular weight is 294 g/mol. The minimum Gasteiger partial charge on any atom is -0.441 e. The Morgan fingerprint density at radius 3 is 2.76 bits per heavy atom. The van der Waals surface area contributed by atoms with Gasteiger partial charge in [-0.1, -0.05) is 32.8 Å². The van der Waals surface area contributed by atoms with Crippen LogP contribution >= 0.6 is 0 Å². The molecule has 1 aliphatic heterocycles. The fourth-order valence-electron chi connectivity index (χ4n) is 3.74. The second-order valence-electron chi connectivity index (χ2n) is 8.20. The number of ether oxygens (including phenoxy) is 1. The molecule has 6 nitrogen and oxygen atoms in total. The Kier molecular flexibility index (Phi) is 4.11. The molecule has 1 amide bonds. The van der Waals surface area contributed by atoms with E-state index >= 15 is 0 Å². The first kappa shape index (κ1) is 16.0. The highest BCUT2D eigenvalue weighted by molar-refractivity contribution is 5.70. The van der Waals surface area contributed by atoms with Crippen LogP contribution in [-0.2, 0) is 4.74 Å². The highest BCUT2D eigenvalue weighted by atomic mass is 16.6. The molecule has 2 aliphatic rings. The zero-order valence-electron chi connectivity index (χ0n) is 13.6. The molecule has 1 heterocycles. The van der Waals surface area contributed by atoms with E-state index in [1.54, 1.807) is 0 Å². The van der Waals surface area contributed by atoms with Crippen molar-refractivity contribution in [1.82, 2.24) is 4.90 Å². The number of hydrogen-bond donors (Lipinski definition) is 0. The van der Waals surface area contributed by atoms with Gasteiger partial charge in [0.15, 0.2) is 0 Å². The second-order valence-corrected chi connectivity index (χ2v) is 8.20. The van der Waals surface area contributed by atoms with Gasteiger partial charge in [0.2, 0.25) is 0 Å². The van der Waals surface area contributed by atoms with Crippen molar-refractivity contribution in [2.75, 3.05) is 19.6 Å². The molecule has 2 unspecified atom stereocenters. The quantitative estimate of drug-likeness (QED) is 0.446. The summed E-state index contributed by atoms with van der Waals surface area (Å²) in [6.07, 6.45) is 3.52. The van der Waals surface area contributed by atoms with Crippen LogP contribution in [0.25, 0.3) is 10.4 Å². The summed E-state index contributed by atoms with van der Waals surface area (Å²) in [6, 6.07) is 0. The van der Waals surface area contributed by atoms with Crippen molar-refractivity contribution in [3.63, 3.8) is 0 Å². The van der Waals surface area contributed by atoms with Gasteiger partial charge in [0, 0.05) is 18.0 Å². The smallest absolute Gasteiger partial charge is 0.410 e. The van der Waals surface area contributed by atoms with Crippen molar-refractivity contribution in [1.29, 1.82) is 0 Å². The van der Waals surface area contributed by atoms with Gasteiger partial charge < -0.3 is 9.64 Å². The van der Waals surface area contributed by atoms with Gasteiger partial charge in [0.25, 0.3) is 0 Å². The van der Waals surface area contributed by atoms with Crippen LogP contribution < -0.4 is 0 Å². The van der Waals surface area contributed by atoms with E-state index in [2.05, 4.69) is 37.7 Å². The SMILES string of the molecule is CC(C)(C)CN1CC2(CCCC(C)(CN=[N+]=[N-])C2)OC1=O. The maximum Gasteiger partial charge on any atom is 0.410 e. The van der Waals surface area contributed by atoms with E-state index in [-0.39, 0.29) is 22.5 Å². The second kappa shape index (κ2) is 5.41. The molecule has 2 atom stereocenters. The minimum absolute atomic E-state index is 0.0631. The van der Waals surface area contributed by atoms with Crippen LogP contribution in [-0.4, -0.2) is 36.2 Å². The predicted octanol–water partition coefficient (Wildman–Crippen LogP) is 4.11. The zero-order chi connectivity index (χ0) is 15.7. The number of rotatable bonds is 3. The van der Waals surface area contributed by atoms with E-state index in [4.69, 9.17) is 10.3 Å². The van der Waals surface area contributed by atoms with E-state index < -0.39 is 0 Å². The molecule has 0 bridgehead atoms. The molecular weight excluding hydrogens is 268 g/mol. The lowest BCUT2D eigenvalue weighted by Gasteiger charge is -2.42. The van der Waals surface area contributed by atoms with Gasteiger partial charge >= 0.3 is 6.09 Å². The van der Waals surface area contributed by atoms with Gasteiger partial charge in [0.1, 0.15) is 5.60 Å². The molecule has 2 fully saturated rings. The standard InChI is InChI=1S/C15H26N4O2/c1-13(2,3)10-19-11-15(21-12(19)20)7-5-6-14(4,8-15)9-17-18-16/h5-11H2,1-4H3. The minimum atomic E-state index is -0.389. The summed E-state index contributed by atoms with van der Waals surface area (Å²) >= 11 is 0. The third kappa shape index (κ3) is 3.82. The van der Waals surface area contributed by atoms with E-state index in [9.17, 15) is 4.79 Å². The molecule has 0 N–H and O–H groups in total. The molecule has 6 heteroatoms. The lowest BCUT2D eigenvalue weighted by molar-refractivity contribution is -0.0188. The first-order valence-corrected chi connectivity index (χ1v) is 7.66. The maximum atomic E-state index is 12.2. The Morgan fingerprint density at radius 2 is 2.14 bits per heavy atom. The van der Waals surface area contributed by atoms with Gasteiger partial charge in [-0.3, -0.25) is 0 Å². The molecule has 0 aromatic rings. The Hall–Kier alpha value is -1.42. The molecule has 1 aliphatic carbocycles. The Balaban J connectivity index is 2.09. The molecule has 0 radical (unpaired) electrons. The number of azide groups is 1. The third-order valence-electron chi connectivity index (χ3n) is 4.38. The highest BCUT2D eigenvalue weighted by Gasteiger charge is 2.51. The largest absolute Gasteiger partial charge is 0.441 e. The summed E-state index contributed by atoms with van der Waals surface area (Å²) in [5.74, 6) is 0. The van der Waals surface area contributed by atoms with Crippen LogP contribution in [0.3, 0.4) is 0 Å². The zero-order valence-corrected chi connectivity index (χ0v) is 13.6. The van der Waals surface area contributed by atoms with Gasteiger partial charge in [-0.15, -0.1) is 0 Å². The molecule has 1 spiro atoms. The van der Waals surface area contributed by atoms with Crippen molar-refractivity contribution in [2.45, 2.75) is 59.0 Å². The van der Waals surface area contributed by atoms with Crippen LogP contribution in [0, 0.1) is 10.8 Å². The lowest BCUT2D eigenvalue weighted by atomic mass is 9.68. The van der Waals surface area contributed by atoms with Crippen LogP contribution in [0.4, 0.5) is 4.79 Å². The number of amides is 1. The maximum absolute atomic E-state index is 12.2. The Labute approximate surface area is 126 Å². The van der Waals surface area contributed by atoms with Crippen molar-refractivity contribution in [2.24, 2.45) is 15.9 Å². The van der Waals surface area contributed by atoms with Gasteiger partial charge in [-0.2, -0.15) is 0 Å². The predicted molar refractivity (Wildman–Crippen MR) is 80.8 cm³/mol. The molecule has 21 heavy (non-hydrogen) atoms.